The zero-order valence-corrected chi connectivity index (χ0v) is 12.0. The number of hydrogen-bond acceptors (Lipinski definition) is 4. The lowest BCUT2D eigenvalue weighted by Gasteiger charge is -2.14. The monoisotopic (exact) mass is 279 g/mol. The number of halogens is 1. The molecule has 0 aliphatic carbocycles. The Labute approximate surface area is 117 Å². The lowest BCUT2D eigenvalue weighted by molar-refractivity contribution is 0.343. The number of benzene rings is 1. The first kappa shape index (κ1) is 14.2. The fourth-order valence-corrected chi connectivity index (χ4v) is 2.05. The van der Waals surface area contributed by atoms with Crippen LogP contribution in [0.4, 0.5) is 10.2 Å². The Morgan fingerprint density at radius 2 is 1.85 bits per heavy atom. The highest BCUT2D eigenvalue weighted by Crippen LogP contribution is 2.39. The standard InChI is InChI=1S/C14H18FN3O2/c1-8(15)9-5-13(20-4)10(6-12(9)19-3)11-7-14(16)18(2)17-11/h5-8H,16H2,1-4H3. The van der Waals surface area contributed by atoms with Crippen molar-refractivity contribution in [3.05, 3.63) is 23.8 Å². The molecule has 20 heavy (non-hydrogen) atoms. The molecule has 0 amide bonds. The van der Waals surface area contributed by atoms with Crippen LogP contribution in [0.15, 0.2) is 18.2 Å². The molecule has 0 saturated carbocycles. The Kier molecular flexibility index (Phi) is 3.83. The van der Waals surface area contributed by atoms with Crippen LogP contribution in [0, 0.1) is 0 Å². The van der Waals surface area contributed by atoms with Gasteiger partial charge in [0, 0.05) is 24.2 Å². The molecular formula is C14H18FN3O2. The van der Waals surface area contributed by atoms with E-state index in [-0.39, 0.29) is 0 Å². The third-order valence-corrected chi connectivity index (χ3v) is 3.17. The summed E-state index contributed by atoms with van der Waals surface area (Å²) in [6.45, 7) is 1.45. The topological polar surface area (TPSA) is 62.3 Å². The van der Waals surface area contributed by atoms with Crippen LogP contribution in [0.3, 0.4) is 0 Å². The number of ether oxygens (including phenoxy) is 2. The molecule has 0 radical (unpaired) electrons. The molecule has 1 unspecified atom stereocenters. The summed E-state index contributed by atoms with van der Waals surface area (Å²) in [5.41, 5.74) is 7.59. The van der Waals surface area contributed by atoms with Crippen LogP contribution in [-0.2, 0) is 7.05 Å². The Hall–Kier alpha value is -2.24. The van der Waals surface area contributed by atoms with E-state index in [0.29, 0.717) is 34.1 Å². The number of nitrogens with two attached hydrogens (primary N) is 1. The molecule has 2 rings (SSSR count). The SMILES string of the molecule is COc1cc(C(C)F)c(OC)cc1-c1cc(N)n(C)n1. The van der Waals surface area contributed by atoms with Crippen molar-refractivity contribution in [2.75, 3.05) is 20.0 Å². The molecule has 0 fully saturated rings. The molecule has 0 saturated heterocycles. The predicted octanol–water partition coefficient (Wildman–Crippen LogP) is 2.72. The summed E-state index contributed by atoms with van der Waals surface area (Å²) < 4.78 is 25.8. The summed E-state index contributed by atoms with van der Waals surface area (Å²) in [4.78, 5) is 0. The van der Waals surface area contributed by atoms with E-state index in [9.17, 15) is 4.39 Å². The Morgan fingerprint density at radius 1 is 1.20 bits per heavy atom. The molecule has 2 aromatic rings. The van der Waals surface area contributed by atoms with E-state index in [1.54, 1.807) is 29.9 Å². The quantitative estimate of drug-likeness (QED) is 0.934. The van der Waals surface area contributed by atoms with E-state index in [2.05, 4.69) is 5.10 Å². The van der Waals surface area contributed by atoms with Crippen molar-refractivity contribution in [3.8, 4) is 22.8 Å². The van der Waals surface area contributed by atoms with E-state index < -0.39 is 6.17 Å². The van der Waals surface area contributed by atoms with Gasteiger partial charge in [0.1, 0.15) is 23.5 Å². The minimum atomic E-state index is -1.15. The van der Waals surface area contributed by atoms with Crippen LogP contribution in [0.25, 0.3) is 11.3 Å². The van der Waals surface area contributed by atoms with Crippen molar-refractivity contribution >= 4 is 5.82 Å². The summed E-state index contributed by atoms with van der Waals surface area (Å²) in [7, 11) is 4.79. The van der Waals surface area contributed by atoms with Crippen molar-refractivity contribution in [1.82, 2.24) is 9.78 Å². The first-order valence-corrected chi connectivity index (χ1v) is 6.17. The van der Waals surface area contributed by atoms with Crippen molar-refractivity contribution in [1.29, 1.82) is 0 Å². The molecule has 1 heterocycles. The maximum absolute atomic E-state index is 13.6. The largest absolute Gasteiger partial charge is 0.496 e. The number of hydrogen-bond donors (Lipinski definition) is 1. The van der Waals surface area contributed by atoms with Gasteiger partial charge in [-0.2, -0.15) is 5.10 Å². The van der Waals surface area contributed by atoms with Crippen molar-refractivity contribution in [3.63, 3.8) is 0 Å². The number of aryl methyl sites for hydroxylation is 1. The fraction of sp³-hybridized carbons (Fsp3) is 0.357. The van der Waals surface area contributed by atoms with Gasteiger partial charge in [0.25, 0.3) is 0 Å². The van der Waals surface area contributed by atoms with Crippen molar-refractivity contribution in [2.24, 2.45) is 7.05 Å². The Bertz CT molecular complexity index is 604. The molecule has 1 atom stereocenters. The van der Waals surface area contributed by atoms with E-state index in [4.69, 9.17) is 15.2 Å². The molecule has 108 valence electrons. The predicted molar refractivity (Wildman–Crippen MR) is 75.7 cm³/mol. The minimum Gasteiger partial charge on any atom is -0.496 e. The zero-order chi connectivity index (χ0) is 14.9. The molecule has 1 aromatic heterocycles. The molecule has 0 aliphatic rings. The Balaban J connectivity index is 2.63. The van der Waals surface area contributed by atoms with Gasteiger partial charge in [-0.1, -0.05) is 0 Å². The molecule has 2 N–H and O–H groups in total. The van der Waals surface area contributed by atoms with Crippen molar-refractivity contribution < 1.29 is 13.9 Å². The average Bonchev–Trinajstić information content (AvgIpc) is 2.76. The number of methoxy groups -OCH3 is 2. The second kappa shape index (κ2) is 5.40. The van der Waals surface area contributed by atoms with Gasteiger partial charge in [-0.25, -0.2) is 4.39 Å². The molecular weight excluding hydrogens is 261 g/mol. The van der Waals surface area contributed by atoms with E-state index in [1.807, 2.05) is 0 Å². The highest BCUT2D eigenvalue weighted by atomic mass is 19.1. The Morgan fingerprint density at radius 3 is 2.30 bits per heavy atom. The summed E-state index contributed by atoms with van der Waals surface area (Å²) in [5, 5.41) is 4.30. The fourth-order valence-electron chi connectivity index (χ4n) is 2.05. The van der Waals surface area contributed by atoms with Crippen LogP contribution in [0.1, 0.15) is 18.7 Å². The van der Waals surface area contributed by atoms with Gasteiger partial charge < -0.3 is 15.2 Å². The smallest absolute Gasteiger partial charge is 0.128 e. The van der Waals surface area contributed by atoms with Gasteiger partial charge in [0.05, 0.1) is 19.9 Å². The van der Waals surface area contributed by atoms with Gasteiger partial charge in [-0.15, -0.1) is 0 Å². The number of anilines is 1. The minimum absolute atomic E-state index is 0.442. The molecule has 0 spiro atoms. The van der Waals surface area contributed by atoms with Gasteiger partial charge in [-0.3, -0.25) is 4.68 Å². The highest BCUT2D eigenvalue weighted by Gasteiger charge is 2.18. The maximum atomic E-state index is 13.6. The number of nitrogens with zero attached hydrogens (tertiary/aromatic N) is 2. The van der Waals surface area contributed by atoms with Crippen molar-refractivity contribution in [2.45, 2.75) is 13.1 Å². The number of aromatic nitrogens is 2. The van der Waals surface area contributed by atoms with Crippen LogP contribution >= 0.6 is 0 Å². The van der Waals surface area contributed by atoms with Gasteiger partial charge in [-0.05, 0) is 19.1 Å². The van der Waals surface area contributed by atoms with Crippen LogP contribution < -0.4 is 15.2 Å². The summed E-state index contributed by atoms with van der Waals surface area (Å²) >= 11 is 0. The molecule has 6 heteroatoms. The van der Waals surface area contributed by atoms with E-state index in [1.165, 1.54) is 21.1 Å². The number of rotatable bonds is 4. The average molecular weight is 279 g/mol. The molecule has 5 nitrogen and oxygen atoms in total. The lowest BCUT2D eigenvalue weighted by Crippen LogP contribution is -1.98. The van der Waals surface area contributed by atoms with Crippen LogP contribution in [0.5, 0.6) is 11.5 Å². The summed E-state index contributed by atoms with van der Waals surface area (Å²) in [6, 6.07) is 5.07. The van der Waals surface area contributed by atoms with Crippen LogP contribution in [0.2, 0.25) is 0 Å². The highest BCUT2D eigenvalue weighted by molar-refractivity contribution is 5.72. The third kappa shape index (κ3) is 2.41. The normalized spacial score (nSPS) is 12.2. The van der Waals surface area contributed by atoms with E-state index in [0.717, 1.165) is 0 Å². The number of alkyl halides is 1. The first-order valence-electron chi connectivity index (χ1n) is 6.17. The van der Waals surface area contributed by atoms with Gasteiger partial charge >= 0.3 is 0 Å². The van der Waals surface area contributed by atoms with Gasteiger partial charge in [0.15, 0.2) is 0 Å². The molecule has 1 aromatic carbocycles. The van der Waals surface area contributed by atoms with E-state index >= 15 is 0 Å². The lowest BCUT2D eigenvalue weighted by atomic mass is 10.0. The second-order valence-electron chi connectivity index (χ2n) is 4.49. The number of nitrogen functional groups attached to an aromatic ring is 1. The first-order chi connectivity index (χ1) is 9.47. The maximum Gasteiger partial charge on any atom is 0.128 e. The van der Waals surface area contributed by atoms with Gasteiger partial charge in [0.2, 0.25) is 0 Å². The van der Waals surface area contributed by atoms with Crippen LogP contribution in [-0.4, -0.2) is 24.0 Å². The second-order valence-corrected chi connectivity index (χ2v) is 4.49. The molecule has 0 aliphatic heterocycles. The summed E-state index contributed by atoms with van der Waals surface area (Å²) in [6.07, 6.45) is -1.15. The third-order valence-electron chi connectivity index (χ3n) is 3.17. The summed E-state index contributed by atoms with van der Waals surface area (Å²) in [5.74, 6) is 1.52. The molecule has 0 bridgehead atoms. The zero-order valence-electron chi connectivity index (χ0n) is 12.0.